The van der Waals surface area contributed by atoms with Crippen LogP contribution in [0.1, 0.15) is 29.3 Å². The standard InChI is InChI=1S/C17H23N3O4S/c1-3-25(23,24)20-10-8-19(9-11-20)17(22)14-4-6-15-13(12-14)5-7-16(21)18(15)2/h4,6,12H,3,5,7-11H2,1-2H3. The number of nitrogens with zero attached hydrogens (tertiary/aromatic N) is 3. The lowest BCUT2D eigenvalue weighted by atomic mass is 9.98. The molecule has 0 saturated carbocycles. The van der Waals surface area contributed by atoms with Gasteiger partial charge < -0.3 is 9.80 Å². The minimum absolute atomic E-state index is 0.0814. The van der Waals surface area contributed by atoms with Gasteiger partial charge in [-0.15, -0.1) is 0 Å². The van der Waals surface area contributed by atoms with Crippen molar-refractivity contribution < 1.29 is 18.0 Å². The minimum atomic E-state index is -3.20. The second-order valence-electron chi connectivity index (χ2n) is 6.39. The van der Waals surface area contributed by atoms with Gasteiger partial charge in [-0.2, -0.15) is 4.31 Å². The van der Waals surface area contributed by atoms with Crippen LogP contribution in [0.4, 0.5) is 5.69 Å². The summed E-state index contributed by atoms with van der Waals surface area (Å²) in [6.45, 7) is 3.09. The van der Waals surface area contributed by atoms with Crippen LogP contribution in [0.25, 0.3) is 0 Å². The number of hydrogen-bond acceptors (Lipinski definition) is 4. The smallest absolute Gasteiger partial charge is 0.253 e. The van der Waals surface area contributed by atoms with Gasteiger partial charge in [-0.3, -0.25) is 9.59 Å². The van der Waals surface area contributed by atoms with Crippen LogP contribution in [0.5, 0.6) is 0 Å². The van der Waals surface area contributed by atoms with Gasteiger partial charge >= 0.3 is 0 Å². The van der Waals surface area contributed by atoms with Gasteiger partial charge in [-0.25, -0.2) is 8.42 Å². The molecule has 0 N–H and O–H groups in total. The van der Waals surface area contributed by atoms with Crippen molar-refractivity contribution in [3.05, 3.63) is 29.3 Å². The molecular weight excluding hydrogens is 342 g/mol. The Morgan fingerprint density at radius 2 is 1.80 bits per heavy atom. The van der Waals surface area contributed by atoms with Gasteiger partial charge in [0.25, 0.3) is 5.91 Å². The Labute approximate surface area is 148 Å². The number of piperazine rings is 1. The van der Waals surface area contributed by atoms with Crippen LogP contribution in [0.15, 0.2) is 18.2 Å². The Hall–Kier alpha value is -1.93. The van der Waals surface area contributed by atoms with Crippen LogP contribution >= 0.6 is 0 Å². The van der Waals surface area contributed by atoms with Crippen molar-refractivity contribution in [2.24, 2.45) is 0 Å². The molecule has 1 aromatic carbocycles. The van der Waals surface area contributed by atoms with Crippen molar-refractivity contribution in [3.8, 4) is 0 Å². The van der Waals surface area contributed by atoms with Gasteiger partial charge in [-0.1, -0.05) is 0 Å². The highest BCUT2D eigenvalue weighted by Gasteiger charge is 2.29. The fourth-order valence-electron chi connectivity index (χ4n) is 3.32. The molecule has 2 amide bonds. The zero-order valence-corrected chi connectivity index (χ0v) is 15.4. The van der Waals surface area contributed by atoms with Crippen LogP contribution < -0.4 is 4.90 Å². The number of anilines is 1. The van der Waals surface area contributed by atoms with E-state index < -0.39 is 10.0 Å². The fraction of sp³-hybridized carbons (Fsp3) is 0.529. The van der Waals surface area contributed by atoms with E-state index in [0.717, 1.165) is 11.3 Å². The Morgan fingerprint density at radius 3 is 2.44 bits per heavy atom. The third-order valence-electron chi connectivity index (χ3n) is 4.95. The molecule has 1 saturated heterocycles. The lowest BCUT2D eigenvalue weighted by Crippen LogP contribution is -2.50. The monoisotopic (exact) mass is 365 g/mol. The van der Waals surface area contributed by atoms with E-state index in [1.54, 1.807) is 29.8 Å². The molecule has 0 atom stereocenters. The topological polar surface area (TPSA) is 78.0 Å². The van der Waals surface area contributed by atoms with Crippen molar-refractivity contribution in [2.45, 2.75) is 19.8 Å². The van der Waals surface area contributed by atoms with Crippen LogP contribution in [0.3, 0.4) is 0 Å². The van der Waals surface area contributed by atoms with E-state index in [4.69, 9.17) is 0 Å². The number of sulfonamides is 1. The Kier molecular flexibility index (Phi) is 4.83. The Balaban J connectivity index is 1.72. The molecule has 0 bridgehead atoms. The molecule has 3 rings (SSSR count). The Morgan fingerprint density at radius 1 is 1.12 bits per heavy atom. The number of carbonyl (C=O) groups excluding carboxylic acids is 2. The molecule has 2 heterocycles. The van der Waals surface area contributed by atoms with E-state index in [2.05, 4.69) is 0 Å². The first kappa shape index (κ1) is 17.9. The summed E-state index contributed by atoms with van der Waals surface area (Å²) < 4.78 is 25.3. The molecule has 136 valence electrons. The van der Waals surface area contributed by atoms with E-state index >= 15 is 0 Å². The summed E-state index contributed by atoms with van der Waals surface area (Å²) in [6.07, 6.45) is 1.09. The van der Waals surface area contributed by atoms with Crippen LogP contribution in [0, 0.1) is 0 Å². The first-order valence-electron chi connectivity index (χ1n) is 8.50. The largest absolute Gasteiger partial charge is 0.336 e. The normalized spacial score (nSPS) is 19.0. The van der Waals surface area contributed by atoms with Gasteiger partial charge in [0.15, 0.2) is 0 Å². The van der Waals surface area contributed by atoms with E-state index in [1.165, 1.54) is 4.31 Å². The highest BCUT2D eigenvalue weighted by molar-refractivity contribution is 7.89. The summed E-state index contributed by atoms with van der Waals surface area (Å²) >= 11 is 0. The van der Waals surface area contributed by atoms with E-state index in [0.29, 0.717) is 44.6 Å². The average Bonchev–Trinajstić information content (AvgIpc) is 2.64. The summed E-state index contributed by atoms with van der Waals surface area (Å²) in [7, 11) is -1.46. The maximum Gasteiger partial charge on any atom is 0.253 e. The van der Waals surface area contributed by atoms with E-state index in [-0.39, 0.29) is 17.6 Å². The molecule has 7 nitrogen and oxygen atoms in total. The molecule has 2 aliphatic rings. The molecule has 0 radical (unpaired) electrons. The fourth-order valence-corrected chi connectivity index (χ4v) is 4.41. The molecule has 1 fully saturated rings. The molecule has 2 aliphatic heterocycles. The molecule has 0 spiro atoms. The summed E-state index contributed by atoms with van der Waals surface area (Å²) in [5, 5.41) is 0. The number of aryl methyl sites for hydroxylation is 1. The van der Waals surface area contributed by atoms with Crippen molar-refractivity contribution >= 4 is 27.5 Å². The van der Waals surface area contributed by atoms with Crippen molar-refractivity contribution in [1.29, 1.82) is 0 Å². The van der Waals surface area contributed by atoms with Crippen molar-refractivity contribution in [1.82, 2.24) is 9.21 Å². The third kappa shape index (κ3) is 3.41. The molecule has 8 heteroatoms. The molecule has 0 aliphatic carbocycles. The number of benzene rings is 1. The van der Waals surface area contributed by atoms with Crippen LogP contribution in [0.2, 0.25) is 0 Å². The van der Waals surface area contributed by atoms with Crippen molar-refractivity contribution in [3.63, 3.8) is 0 Å². The zero-order chi connectivity index (χ0) is 18.2. The maximum absolute atomic E-state index is 12.7. The zero-order valence-electron chi connectivity index (χ0n) is 14.6. The highest BCUT2D eigenvalue weighted by Crippen LogP contribution is 2.28. The number of rotatable bonds is 3. The van der Waals surface area contributed by atoms with Gasteiger partial charge in [0.1, 0.15) is 0 Å². The van der Waals surface area contributed by atoms with Gasteiger partial charge in [0.2, 0.25) is 15.9 Å². The van der Waals surface area contributed by atoms with Crippen LogP contribution in [-0.4, -0.2) is 68.4 Å². The SMILES string of the molecule is CCS(=O)(=O)N1CCN(C(=O)c2ccc3c(c2)CCC(=O)N3C)CC1. The van der Waals surface area contributed by atoms with Gasteiger partial charge in [0, 0.05) is 50.9 Å². The predicted octanol–water partition coefficient (Wildman–Crippen LogP) is 0.703. The lowest BCUT2D eigenvalue weighted by molar-refractivity contribution is -0.118. The summed E-state index contributed by atoms with van der Waals surface area (Å²) in [5.74, 6) is 0.0774. The highest BCUT2D eigenvalue weighted by atomic mass is 32.2. The first-order chi connectivity index (χ1) is 11.8. The minimum Gasteiger partial charge on any atom is -0.336 e. The predicted molar refractivity (Wildman–Crippen MR) is 95.1 cm³/mol. The number of hydrogen-bond donors (Lipinski definition) is 0. The summed E-state index contributed by atoms with van der Waals surface area (Å²) in [5.41, 5.74) is 2.44. The molecule has 25 heavy (non-hydrogen) atoms. The average molecular weight is 365 g/mol. The lowest BCUT2D eigenvalue weighted by Gasteiger charge is -2.34. The molecule has 0 unspecified atom stereocenters. The maximum atomic E-state index is 12.7. The van der Waals surface area contributed by atoms with E-state index in [9.17, 15) is 18.0 Å². The molecular formula is C17H23N3O4S. The number of fused-ring (bicyclic) bond motifs is 1. The second-order valence-corrected chi connectivity index (χ2v) is 8.65. The van der Waals surface area contributed by atoms with E-state index in [1.807, 2.05) is 12.1 Å². The Bertz CT molecular complexity index is 798. The molecule has 1 aromatic rings. The van der Waals surface area contributed by atoms with Gasteiger partial charge in [0.05, 0.1) is 5.75 Å². The second kappa shape index (κ2) is 6.76. The number of carbonyl (C=O) groups is 2. The number of amides is 2. The van der Waals surface area contributed by atoms with Crippen LogP contribution in [-0.2, 0) is 21.2 Å². The van der Waals surface area contributed by atoms with Gasteiger partial charge in [-0.05, 0) is 37.1 Å². The first-order valence-corrected chi connectivity index (χ1v) is 10.1. The molecule has 0 aromatic heterocycles. The summed E-state index contributed by atoms with van der Waals surface area (Å²) in [6, 6.07) is 5.42. The van der Waals surface area contributed by atoms with Crippen molar-refractivity contribution in [2.75, 3.05) is 43.9 Å². The summed E-state index contributed by atoms with van der Waals surface area (Å²) in [4.78, 5) is 27.8. The quantitative estimate of drug-likeness (QED) is 0.790. The third-order valence-corrected chi connectivity index (χ3v) is 6.84.